The van der Waals surface area contributed by atoms with Crippen LogP contribution in [0.2, 0.25) is 0 Å². The van der Waals surface area contributed by atoms with Gasteiger partial charge in [0.1, 0.15) is 6.10 Å². The summed E-state index contributed by atoms with van der Waals surface area (Å²) in [4.78, 5) is 0. The molecule has 0 bridgehead atoms. The van der Waals surface area contributed by atoms with Crippen molar-refractivity contribution in [3.05, 3.63) is 42.0 Å². The summed E-state index contributed by atoms with van der Waals surface area (Å²) >= 11 is 0. The maximum atomic E-state index is 9.52. The molecule has 0 radical (unpaired) electrons. The fraction of sp³-hybridized carbons (Fsp3) is 0.250. The molecule has 0 saturated carbocycles. The van der Waals surface area contributed by atoms with Crippen LogP contribution < -0.4 is 0 Å². The van der Waals surface area contributed by atoms with E-state index in [0.717, 1.165) is 11.1 Å². The first kappa shape index (κ1) is 11.4. The standard InChI is InChI=1S/C12H13NO2/c1-8(2)9-3-5-10(6-4-9)12(15)11(14)7-13/h3-6,11-12,14-15H,1H2,2H3. The fourth-order valence-corrected chi connectivity index (χ4v) is 1.22. The first-order chi connectivity index (χ1) is 7.06. The Kier molecular flexibility index (Phi) is 3.62. The molecule has 0 aliphatic carbocycles. The molecule has 0 aliphatic rings. The maximum Gasteiger partial charge on any atom is 0.170 e. The number of aliphatic hydroxyl groups is 2. The lowest BCUT2D eigenvalue weighted by atomic mass is 10.0. The third kappa shape index (κ3) is 2.66. The summed E-state index contributed by atoms with van der Waals surface area (Å²) in [5, 5.41) is 27.1. The molecule has 2 unspecified atom stereocenters. The highest BCUT2D eigenvalue weighted by atomic mass is 16.3. The van der Waals surface area contributed by atoms with E-state index in [-0.39, 0.29) is 0 Å². The Hall–Kier alpha value is -1.63. The van der Waals surface area contributed by atoms with Gasteiger partial charge in [0.15, 0.2) is 6.10 Å². The van der Waals surface area contributed by atoms with Gasteiger partial charge in [-0.3, -0.25) is 0 Å². The summed E-state index contributed by atoms with van der Waals surface area (Å²) < 4.78 is 0. The van der Waals surface area contributed by atoms with E-state index in [9.17, 15) is 5.11 Å². The van der Waals surface area contributed by atoms with Crippen LogP contribution in [0.15, 0.2) is 30.8 Å². The number of hydrogen-bond acceptors (Lipinski definition) is 3. The highest BCUT2D eigenvalue weighted by Gasteiger charge is 2.16. The molecular formula is C12H13NO2. The Labute approximate surface area is 88.9 Å². The molecule has 3 heteroatoms. The van der Waals surface area contributed by atoms with Crippen LogP contribution in [0.1, 0.15) is 24.2 Å². The van der Waals surface area contributed by atoms with Crippen LogP contribution in [0.3, 0.4) is 0 Å². The Morgan fingerprint density at radius 3 is 2.27 bits per heavy atom. The van der Waals surface area contributed by atoms with E-state index in [1.165, 1.54) is 0 Å². The number of benzene rings is 1. The number of hydrogen-bond donors (Lipinski definition) is 2. The van der Waals surface area contributed by atoms with Gasteiger partial charge in [-0.05, 0) is 18.1 Å². The van der Waals surface area contributed by atoms with Crippen LogP contribution >= 0.6 is 0 Å². The van der Waals surface area contributed by atoms with Crippen molar-refractivity contribution in [3.63, 3.8) is 0 Å². The average Bonchev–Trinajstić information content (AvgIpc) is 2.27. The second-order valence-electron chi connectivity index (χ2n) is 3.42. The van der Waals surface area contributed by atoms with E-state index in [4.69, 9.17) is 10.4 Å². The summed E-state index contributed by atoms with van der Waals surface area (Å²) in [7, 11) is 0. The van der Waals surface area contributed by atoms with Gasteiger partial charge < -0.3 is 10.2 Å². The van der Waals surface area contributed by atoms with Crippen molar-refractivity contribution >= 4 is 5.57 Å². The first-order valence-electron chi connectivity index (χ1n) is 4.58. The third-order valence-corrected chi connectivity index (χ3v) is 2.18. The lowest BCUT2D eigenvalue weighted by Crippen LogP contribution is -2.15. The number of rotatable bonds is 3. The van der Waals surface area contributed by atoms with Crippen molar-refractivity contribution in [2.45, 2.75) is 19.1 Å². The van der Waals surface area contributed by atoms with Gasteiger partial charge in [-0.1, -0.05) is 36.4 Å². The van der Waals surface area contributed by atoms with Gasteiger partial charge >= 0.3 is 0 Å². The molecule has 3 nitrogen and oxygen atoms in total. The van der Waals surface area contributed by atoms with Gasteiger partial charge in [-0.15, -0.1) is 0 Å². The quantitative estimate of drug-likeness (QED) is 0.734. The number of nitriles is 1. The monoisotopic (exact) mass is 203 g/mol. The van der Waals surface area contributed by atoms with Gasteiger partial charge in [-0.25, -0.2) is 0 Å². The molecule has 2 N–H and O–H groups in total. The summed E-state index contributed by atoms with van der Waals surface area (Å²) in [6, 6.07) is 8.53. The van der Waals surface area contributed by atoms with E-state index in [1.54, 1.807) is 30.3 Å². The zero-order valence-electron chi connectivity index (χ0n) is 8.51. The molecule has 1 aromatic rings. The van der Waals surface area contributed by atoms with Crippen LogP contribution in [0.5, 0.6) is 0 Å². The molecule has 78 valence electrons. The van der Waals surface area contributed by atoms with Gasteiger partial charge in [0.05, 0.1) is 6.07 Å². The van der Waals surface area contributed by atoms with Crippen molar-refractivity contribution in [2.75, 3.05) is 0 Å². The Morgan fingerprint density at radius 1 is 1.33 bits per heavy atom. The highest BCUT2D eigenvalue weighted by molar-refractivity contribution is 5.61. The minimum absolute atomic E-state index is 0.522. The van der Waals surface area contributed by atoms with Crippen LogP contribution in [0.4, 0.5) is 0 Å². The summed E-state index contributed by atoms with van der Waals surface area (Å²) in [6.45, 7) is 5.67. The zero-order valence-corrected chi connectivity index (χ0v) is 8.51. The topological polar surface area (TPSA) is 64.2 Å². The van der Waals surface area contributed by atoms with Gasteiger partial charge in [0.2, 0.25) is 0 Å². The predicted molar refractivity (Wildman–Crippen MR) is 57.7 cm³/mol. The second kappa shape index (κ2) is 4.74. The zero-order chi connectivity index (χ0) is 11.4. The SMILES string of the molecule is C=C(C)c1ccc(C(O)C(O)C#N)cc1. The summed E-state index contributed by atoms with van der Waals surface area (Å²) in [5.41, 5.74) is 2.42. The second-order valence-corrected chi connectivity index (χ2v) is 3.42. The molecule has 0 saturated heterocycles. The van der Waals surface area contributed by atoms with Gasteiger partial charge in [0, 0.05) is 0 Å². The molecule has 0 fully saturated rings. The molecule has 0 aliphatic heterocycles. The van der Waals surface area contributed by atoms with Crippen molar-refractivity contribution in [2.24, 2.45) is 0 Å². The van der Waals surface area contributed by atoms with Gasteiger partial charge in [-0.2, -0.15) is 5.26 Å². The van der Waals surface area contributed by atoms with Crippen molar-refractivity contribution in [3.8, 4) is 6.07 Å². The smallest absolute Gasteiger partial charge is 0.170 e. The van der Waals surface area contributed by atoms with Crippen LogP contribution in [0.25, 0.3) is 5.57 Å². The normalized spacial score (nSPS) is 14.0. The van der Waals surface area contributed by atoms with E-state index in [0.29, 0.717) is 5.56 Å². The van der Waals surface area contributed by atoms with Crippen LogP contribution in [0, 0.1) is 11.3 Å². The molecule has 0 heterocycles. The van der Waals surface area contributed by atoms with Crippen molar-refractivity contribution in [1.82, 2.24) is 0 Å². The number of allylic oxidation sites excluding steroid dienone is 1. The molecule has 0 aromatic heterocycles. The van der Waals surface area contributed by atoms with E-state index < -0.39 is 12.2 Å². The Balaban J connectivity index is 2.90. The fourth-order valence-electron chi connectivity index (χ4n) is 1.22. The van der Waals surface area contributed by atoms with E-state index in [1.807, 2.05) is 6.92 Å². The molecule has 1 aromatic carbocycles. The molecule has 1 rings (SSSR count). The Morgan fingerprint density at radius 2 is 1.87 bits per heavy atom. The van der Waals surface area contributed by atoms with Crippen LogP contribution in [-0.2, 0) is 0 Å². The summed E-state index contributed by atoms with van der Waals surface area (Å²) in [6.07, 6.45) is -2.55. The number of aliphatic hydroxyl groups excluding tert-OH is 2. The largest absolute Gasteiger partial charge is 0.385 e. The molecular weight excluding hydrogens is 190 g/mol. The molecule has 15 heavy (non-hydrogen) atoms. The molecule has 0 spiro atoms. The maximum absolute atomic E-state index is 9.52. The average molecular weight is 203 g/mol. The highest BCUT2D eigenvalue weighted by Crippen LogP contribution is 2.19. The predicted octanol–water partition coefficient (Wildman–Crippen LogP) is 1.64. The minimum atomic E-state index is -1.39. The lowest BCUT2D eigenvalue weighted by molar-refractivity contribution is 0.0528. The van der Waals surface area contributed by atoms with E-state index in [2.05, 4.69) is 6.58 Å². The summed E-state index contributed by atoms with van der Waals surface area (Å²) in [5.74, 6) is 0. The lowest BCUT2D eigenvalue weighted by Gasteiger charge is -2.12. The van der Waals surface area contributed by atoms with Crippen molar-refractivity contribution < 1.29 is 10.2 Å². The van der Waals surface area contributed by atoms with Crippen LogP contribution in [-0.4, -0.2) is 16.3 Å². The number of nitrogens with zero attached hydrogens (tertiary/aromatic N) is 1. The molecule has 0 amide bonds. The minimum Gasteiger partial charge on any atom is -0.385 e. The third-order valence-electron chi connectivity index (χ3n) is 2.18. The van der Waals surface area contributed by atoms with Gasteiger partial charge in [0.25, 0.3) is 0 Å². The first-order valence-corrected chi connectivity index (χ1v) is 4.58. The Bertz CT molecular complexity index is 389. The van der Waals surface area contributed by atoms with E-state index >= 15 is 0 Å². The molecule has 2 atom stereocenters. The van der Waals surface area contributed by atoms with Crippen molar-refractivity contribution in [1.29, 1.82) is 5.26 Å².